The number of nitrogens with one attached hydrogen (secondary N) is 3. The number of carbonyl (C=O) groups is 3. The Morgan fingerprint density at radius 1 is 0.980 bits per heavy atom. The van der Waals surface area contributed by atoms with E-state index >= 15 is 0 Å². The Labute approximate surface area is 303 Å². The molecule has 0 saturated carbocycles. The van der Waals surface area contributed by atoms with Crippen molar-refractivity contribution >= 4 is 35.4 Å². The molecule has 0 spiro atoms. The third-order valence-electron chi connectivity index (χ3n) is 8.05. The van der Waals surface area contributed by atoms with Crippen LogP contribution in [0.1, 0.15) is 61.7 Å². The van der Waals surface area contributed by atoms with E-state index in [2.05, 4.69) is 25.9 Å². The van der Waals surface area contributed by atoms with Crippen molar-refractivity contribution in [2.24, 2.45) is 5.92 Å². The molecule has 4 rings (SSSR count). The third kappa shape index (κ3) is 13.0. The molecule has 0 fully saturated rings. The van der Waals surface area contributed by atoms with Crippen molar-refractivity contribution < 1.29 is 28.6 Å². The van der Waals surface area contributed by atoms with Gasteiger partial charge in [-0.05, 0) is 56.2 Å². The summed E-state index contributed by atoms with van der Waals surface area (Å²) in [5.74, 6) is -0.232. The van der Waals surface area contributed by atoms with Gasteiger partial charge in [-0.1, -0.05) is 80.1 Å². The van der Waals surface area contributed by atoms with Gasteiger partial charge >= 0.3 is 12.1 Å². The summed E-state index contributed by atoms with van der Waals surface area (Å²) in [7, 11) is 1.66. The molecule has 51 heavy (non-hydrogen) atoms. The minimum atomic E-state index is -1.08. The number of ether oxygens (including phenoxy) is 1. The lowest BCUT2D eigenvalue weighted by molar-refractivity contribution is -0.124. The summed E-state index contributed by atoms with van der Waals surface area (Å²) in [6.07, 6.45) is 3.72. The number of carbonyl (C=O) groups excluding carboxylic acids is 3. The molecule has 0 aliphatic heterocycles. The van der Waals surface area contributed by atoms with Crippen molar-refractivity contribution in [1.29, 1.82) is 0 Å². The zero-order valence-electron chi connectivity index (χ0n) is 29.7. The number of hydrogen-bond donors (Lipinski definition) is 4. The number of hydrogen-bond acceptors (Lipinski definition) is 9. The van der Waals surface area contributed by atoms with Gasteiger partial charge in [0.25, 0.3) is 0 Å². The maximum absolute atomic E-state index is 13.9. The lowest BCUT2D eigenvalue weighted by atomic mass is 9.93. The van der Waals surface area contributed by atoms with Gasteiger partial charge in [0.05, 0.1) is 30.6 Å². The number of aromatic nitrogens is 2. The molecule has 0 aliphatic rings. The Kier molecular flexibility index (Phi) is 14.8. The van der Waals surface area contributed by atoms with E-state index in [9.17, 15) is 19.5 Å². The normalized spacial score (nSPS) is 13.4. The maximum Gasteiger partial charge on any atom is 0.407 e. The van der Waals surface area contributed by atoms with Crippen molar-refractivity contribution in [1.82, 2.24) is 30.8 Å². The average molecular weight is 717 g/mol. The number of nitrogens with zero attached hydrogens (tertiary/aromatic N) is 3. The number of amides is 4. The van der Waals surface area contributed by atoms with Crippen LogP contribution in [0, 0.1) is 5.92 Å². The van der Waals surface area contributed by atoms with E-state index in [0.717, 1.165) is 27.4 Å². The van der Waals surface area contributed by atoms with Crippen molar-refractivity contribution in [3.8, 4) is 0 Å². The first-order valence-corrected chi connectivity index (χ1v) is 17.8. The zero-order chi connectivity index (χ0) is 36.8. The monoisotopic (exact) mass is 716 g/mol. The van der Waals surface area contributed by atoms with E-state index in [1.807, 2.05) is 99.8 Å². The molecule has 4 amide bonds. The van der Waals surface area contributed by atoms with Gasteiger partial charge in [-0.25, -0.2) is 19.6 Å². The first kappa shape index (κ1) is 38.8. The van der Waals surface area contributed by atoms with Crippen LogP contribution in [0.15, 0.2) is 88.6 Å². The number of aliphatic hydroxyl groups is 1. The summed E-state index contributed by atoms with van der Waals surface area (Å²) >= 11 is 1.51. The Morgan fingerprint density at radius 2 is 1.65 bits per heavy atom. The number of thiazole rings is 1. The predicted molar refractivity (Wildman–Crippen MR) is 197 cm³/mol. The second-order valence-corrected chi connectivity index (χ2v) is 14.0. The Balaban J connectivity index is 1.46. The van der Waals surface area contributed by atoms with Gasteiger partial charge in [0.2, 0.25) is 5.91 Å². The Hall–Kier alpha value is -5.01. The second kappa shape index (κ2) is 19.4. The van der Waals surface area contributed by atoms with Crippen LogP contribution in [0.4, 0.5) is 9.59 Å². The quantitative estimate of drug-likeness (QED) is 0.108. The lowest BCUT2D eigenvalue weighted by Crippen LogP contribution is -2.55. The van der Waals surface area contributed by atoms with Gasteiger partial charge in [-0.15, -0.1) is 11.3 Å². The predicted octanol–water partition coefficient (Wildman–Crippen LogP) is 5.74. The van der Waals surface area contributed by atoms with Gasteiger partial charge in [0, 0.05) is 18.5 Å². The standard InChI is InChI=1S/C38H48N6O6S/c1-25(2)16-34-40-30(23-51-34)21-44(5)37(47)43-35(26(3)4)36(46)41-29(17-27-12-8-6-9-13-27)19-33(45)32(18-28-14-10-7-11-15-28)42-38(48)49-22-31-20-39-24-50-31/h6-16,20,23-24,26,29,32-33,35,45H,17-19,21-22H2,1-5H3,(H,41,46)(H,42,48)(H,43,47)/t29-,32-,33-,35-/m0/s1. The molecule has 0 radical (unpaired) electrons. The van der Waals surface area contributed by atoms with E-state index in [1.54, 1.807) is 7.05 Å². The van der Waals surface area contributed by atoms with Gasteiger partial charge in [0.1, 0.15) is 11.0 Å². The third-order valence-corrected chi connectivity index (χ3v) is 8.89. The molecular formula is C38H48N6O6S. The molecule has 0 bridgehead atoms. The summed E-state index contributed by atoms with van der Waals surface area (Å²) in [4.78, 5) is 49.9. The van der Waals surface area contributed by atoms with Crippen molar-refractivity contribution in [3.05, 3.63) is 112 Å². The molecule has 0 aliphatic carbocycles. The topological polar surface area (TPSA) is 159 Å². The number of rotatable bonds is 17. The molecule has 2 aromatic heterocycles. The molecule has 4 N–H and O–H groups in total. The summed E-state index contributed by atoms with van der Waals surface area (Å²) in [5.41, 5.74) is 3.75. The average Bonchev–Trinajstić information content (AvgIpc) is 3.78. The number of benzene rings is 2. The Bertz CT molecular complexity index is 1690. The molecule has 2 aromatic carbocycles. The smallest absolute Gasteiger partial charge is 0.407 e. The first-order valence-electron chi connectivity index (χ1n) is 16.9. The number of oxazole rings is 1. The highest BCUT2D eigenvalue weighted by atomic mass is 32.1. The molecule has 13 heteroatoms. The molecular weight excluding hydrogens is 669 g/mol. The summed E-state index contributed by atoms with van der Waals surface area (Å²) in [6, 6.07) is 16.6. The Morgan fingerprint density at radius 3 is 2.25 bits per heavy atom. The maximum atomic E-state index is 13.9. The van der Waals surface area contributed by atoms with Gasteiger partial charge in [-0.3, -0.25) is 4.79 Å². The fourth-order valence-corrected chi connectivity index (χ4v) is 6.29. The van der Waals surface area contributed by atoms with Crippen LogP contribution in [-0.2, 0) is 35.5 Å². The van der Waals surface area contributed by atoms with Gasteiger partial charge < -0.3 is 35.1 Å². The van der Waals surface area contributed by atoms with E-state index < -0.39 is 36.4 Å². The zero-order valence-corrected chi connectivity index (χ0v) is 30.6. The molecule has 272 valence electrons. The molecule has 12 nitrogen and oxygen atoms in total. The van der Waals surface area contributed by atoms with Gasteiger partial charge in [-0.2, -0.15) is 0 Å². The largest absolute Gasteiger partial charge is 0.445 e. The molecule has 2 heterocycles. The van der Waals surface area contributed by atoms with Crippen LogP contribution in [0.25, 0.3) is 6.08 Å². The fourth-order valence-electron chi connectivity index (χ4n) is 5.43. The molecule has 4 atom stereocenters. The summed E-state index contributed by atoms with van der Waals surface area (Å²) in [5, 5.41) is 23.2. The minimum absolute atomic E-state index is 0.108. The number of alkyl carbamates (subject to hydrolysis) is 1. The lowest BCUT2D eigenvalue weighted by Gasteiger charge is -2.30. The number of aliphatic hydroxyl groups excluding tert-OH is 1. The summed E-state index contributed by atoms with van der Waals surface area (Å²) in [6.45, 7) is 7.89. The van der Waals surface area contributed by atoms with E-state index in [-0.39, 0.29) is 31.4 Å². The van der Waals surface area contributed by atoms with Crippen LogP contribution in [-0.4, -0.2) is 69.3 Å². The highest BCUT2D eigenvalue weighted by Gasteiger charge is 2.31. The molecule has 0 unspecified atom stereocenters. The van der Waals surface area contributed by atoms with Crippen molar-refractivity contribution in [2.45, 2.75) is 84.3 Å². The van der Waals surface area contributed by atoms with Crippen LogP contribution >= 0.6 is 11.3 Å². The van der Waals surface area contributed by atoms with Crippen molar-refractivity contribution in [3.63, 3.8) is 0 Å². The van der Waals surface area contributed by atoms with E-state index in [1.165, 1.54) is 28.8 Å². The van der Waals surface area contributed by atoms with Crippen LogP contribution in [0.2, 0.25) is 0 Å². The number of allylic oxidation sites excluding steroid dienone is 1. The SMILES string of the molecule is CC(C)=Cc1nc(CN(C)C(=O)N[C@H](C(=O)N[C@@H](Cc2ccccc2)C[C@H](O)[C@H](Cc2ccccc2)NC(=O)OCc2cnco2)C(C)C)cs1. The summed E-state index contributed by atoms with van der Waals surface area (Å²) < 4.78 is 10.5. The fraction of sp³-hybridized carbons (Fsp3) is 0.395. The van der Waals surface area contributed by atoms with E-state index in [4.69, 9.17) is 9.15 Å². The second-order valence-electron chi connectivity index (χ2n) is 13.1. The van der Waals surface area contributed by atoms with Gasteiger partial charge in [0.15, 0.2) is 18.8 Å². The first-order chi connectivity index (χ1) is 24.5. The number of urea groups is 1. The van der Waals surface area contributed by atoms with Crippen LogP contribution in [0.3, 0.4) is 0 Å². The molecule has 0 saturated heterocycles. The van der Waals surface area contributed by atoms with E-state index in [0.29, 0.717) is 18.6 Å². The minimum Gasteiger partial charge on any atom is -0.445 e. The highest BCUT2D eigenvalue weighted by Crippen LogP contribution is 2.17. The van der Waals surface area contributed by atoms with Crippen molar-refractivity contribution in [2.75, 3.05) is 7.05 Å². The van der Waals surface area contributed by atoms with Crippen LogP contribution in [0.5, 0.6) is 0 Å². The highest BCUT2D eigenvalue weighted by molar-refractivity contribution is 7.10. The molecule has 4 aromatic rings. The van der Waals surface area contributed by atoms with Crippen LogP contribution < -0.4 is 16.0 Å².